The fourth-order valence-corrected chi connectivity index (χ4v) is 2.65. The minimum absolute atomic E-state index is 0.0356. The molecule has 106 valence electrons. The maximum absolute atomic E-state index is 5.75. The van der Waals surface area contributed by atoms with Gasteiger partial charge in [0, 0.05) is 24.7 Å². The van der Waals surface area contributed by atoms with Crippen LogP contribution in [-0.4, -0.2) is 16.4 Å². The Hall–Kier alpha value is -1.85. The molecule has 0 saturated heterocycles. The van der Waals surface area contributed by atoms with Crippen molar-refractivity contribution in [1.29, 1.82) is 0 Å². The van der Waals surface area contributed by atoms with Gasteiger partial charge in [-0.3, -0.25) is 10.5 Å². The number of nitrogens with two attached hydrogens (primary N) is 1. The Morgan fingerprint density at radius 3 is 3.15 bits per heavy atom. The van der Waals surface area contributed by atoms with Crippen molar-refractivity contribution in [3.63, 3.8) is 0 Å². The number of fused-ring (bicyclic) bond motifs is 1. The van der Waals surface area contributed by atoms with Gasteiger partial charge >= 0.3 is 0 Å². The lowest BCUT2D eigenvalue weighted by Gasteiger charge is -2.15. The molecule has 0 amide bonds. The molecular formula is C15H20N4O. The van der Waals surface area contributed by atoms with E-state index in [0.717, 1.165) is 42.9 Å². The van der Waals surface area contributed by atoms with E-state index in [9.17, 15) is 0 Å². The third kappa shape index (κ3) is 2.42. The molecule has 1 unspecified atom stereocenters. The van der Waals surface area contributed by atoms with Crippen LogP contribution in [0.5, 0.6) is 5.75 Å². The first kappa shape index (κ1) is 13.1. The number of nitrogens with one attached hydrogen (secondary N) is 1. The zero-order valence-corrected chi connectivity index (χ0v) is 11.7. The molecule has 0 bridgehead atoms. The van der Waals surface area contributed by atoms with Crippen LogP contribution in [0.25, 0.3) is 0 Å². The molecule has 2 heterocycles. The van der Waals surface area contributed by atoms with Crippen LogP contribution in [0.3, 0.4) is 0 Å². The molecule has 1 atom stereocenters. The van der Waals surface area contributed by atoms with Gasteiger partial charge in [-0.15, -0.1) is 0 Å². The van der Waals surface area contributed by atoms with E-state index in [0.29, 0.717) is 0 Å². The number of hydrazine groups is 1. The van der Waals surface area contributed by atoms with Gasteiger partial charge in [0.05, 0.1) is 18.8 Å². The fraction of sp³-hybridized carbons (Fsp3) is 0.400. The quantitative estimate of drug-likeness (QED) is 0.643. The summed E-state index contributed by atoms with van der Waals surface area (Å²) in [6.45, 7) is 3.84. The zero-order chi connectivity index (χ0) is 13.9. The molecule has 5 nitrogen and oxygen atoms in total. The molecular weight excluding hydrogens is 252 g/mol. The minimum atomic E-state index is -0.0356. The van der Waals surface area contributed by atoms with Gasteiger partial charge in [0.25, 0.3) is 0 Å². The Bertz CT molecular complexity index is 593. The summed E-state index contributed by atoms with van der Waals surface area (Å²) in [6, 6.07) is 6.22. The third-order valence-corrected chi connectivity index (χ3v) is 3.65. The summed E-state index contributed by atoms with van der Waals surface area (Å²) in [7, 11) is 0. The monoisotopic (exact) mass is 272 g/mol. The molecule has 3 rings (SSSR count). The highest BCUT2D eigenvalue weighted by Gasteiger charge is 2.18. The van der Waals surface area contributed by atoms with Gasteiger partial charge in [0.2, 0.25) is 0 Å². The first-order chi connectivity index (χ1) is 9.81. The fourth-order valence-electron chi connectivity index (χ4n) is 2.65. The average Bonchev–Trinajstić information content (AvgIpc) is 3.09. The number of aromatic nitrogens is 2. The molecule has 0 spiro atoms. The molecule has 20 heavy (non-hydrogen) atoms. The van der Waals surface area contributed by atoms with E-state index >= 15 is 0 Å². The Balaban J connectivity index is 1.88. The van der Waals surface area contributed by atoms with Gasteiger partial charge in [0.15, 0.2) is 0 Å². The number of aryl methyl sites for hydroxylation is 1. The molecule has 1 aromatic carbocycles. The molecule has 0 saturated carbocycles. The van der Waals surface area contributed by atoms with E-state index in [1.54, 1.807) is 0 Å². The molecule has 0 radical (unpaired) electrons. The molecule has 2 aromatic rings. The number of hydrogen-bond donors (Lipinski definition) is 2. The number of ether oxygens (including phenoxy) is 1. The van der Waals surface area contributed by atoms with E-state index in [1.165, 1.54) is 5.56 Å². The normalized spacial score (nSPS) is 14.9. The van der Waals surface area contributed by atoms with Crippen LogP contribution in [0, 0.1) is 0 Å². The number of benzene rings is 1. The van der Waals surface area contributed by atoms with Crippen LogP contribution >= 0.6 is 0 Å². The lowest BCUT2D eigenvalue weighted by Crippen LogP contribution is -2.28. The van der Waals surface area contributed by atoms with Gasteiger partial charge in [-0.25, -0.2) is 5.43 Å². The second-order valence-corrected chi connectivity index (χ2v) is 5.10. The highest BCUT2D eigenvalue weighted by atomic mass is 16.5. The van der Waals surface area contributed by atoms with E-state index in [4.69, 9.17) is 10.6 Å². The van der Waals surface area contributed by atoms with Crippen molar-refractivity contribution in [3.05, 3.63) is 47.3 Å². The van der Waals surface area contributed by atoms with Crippen LogP contribution in [0.2, 0.25) is 0 Å². The first-order valence-corrected chi connectivity index (χ1v) is 7.06. The first-order valence-electron chi connectivity index (χ1n) is 7.06. The van der Waals surface area contributed by atoms with E-state index in [2.05, 4.69) is 35.8 Å². The van der Waals surface area contributed by atoms with Crippen LogP contribution in [0.15, 0.2) is 30.6 Å². The van der Waals surface area contributed by atoms with E-state index < -0.39 is 0 Å². The summed E-state index contributed by atoms with van der Waals surface area (Å²) in [5.41, 5.74) is 6.37. The lowest BCUT2D eigenvalue weighted by atomic mass is 9.99. The van der Waals surface area contributed by atoms with Crippen molar-refractivity contribution >= 4 is 0 Å². The standard InChI is InChI=1S/C15H20N4O/c1-2-6-19-10-13(9-17-19)15(18-16)12-3-4-14-11(8-12)5-7-20-14/h3-4,8-10,15,18H,2,5-7,16H2,1H3. The summed E-state index contributed by atoms with van der Waals surface area (Å²) < 4.78 is 7.49. The van der Waals surface area contributed by atoms with Gasteiger partial charge in [0.1, 0.15) is 5.75 Å². The Morgan fingerprint density at radius 1 is 1.45 bits per heavy atom. The predicted octanol–water partition coefficient (Wildman–Crippen LogP) is 1.78. The van der Waals surface area contributed by atoms with Crippen LogP contribution < -0.4 is 16.0 Å². The van der Waals surface area contributed by atoms with Gasteiger partial charge < -0.3 is 4.74 Å². The Morgan fingerprint density at radius 2 is 2.35 bits per heavy atom. The second kappa shape index (κ2) is 5.64. The van der Waals surface area contributed by atoms with Gasteiger partial charge in [-0.2, -0.15) is 5.10 Å². The molecule has 0 fully saturated rings. The van der Waals surface area contributed by atoms with E-state index in [1.807, 2.05) is 16.9 Å². The highest BCUT2D eigenvalue weighted by molar-refractivity contribution is 5.42. The molecule has 0 aliphatic carbocycles. The molecule has 1 aliphatic rings. The minimum Gasteiger partial charge on any atom is -0.493 e. The number of hydrogen-bond acceptors (Lipinski definition) is 4. The van der Waals surface area contributed by atoms with Crippen molar-refractivity contribution < 1.29 is 4.74 Å². The maximum atomic E-state index is 5.75. The van der Waals surface area contributed by atoms with Crippen molar-refractivity contribution in [2.24, 2.45) is 5.84 Å². The topological polar surface area (TPSA) is 65.1 Å². The van der Waals surface area contributed by atoms with Gasteiger partial charge in [-0.1, -0.05) is 19.1 Å². The summed E-state index contributed by atoms with van der Waals surface area (Å²) in [6.07, 6.45) is 5.97. The summed E-state index contributed by atoms with van der Waals surface area (Å²) in [4.78, 5) is 0. The molecule has 3 N–H and O–H groups in total. The van der Waals surface area contributed by atoms with Crippen molar-refractivity contribution in [2.45, 2.75) is 32.4 Å². The summed E-state index contributed by atoms with van der Waals surface area (Å²) >= 11 is 0. The van der Waals surface area contributed by atoms with Crippen LogP contribution in [0.4, 0.5) is 0 Å². The van der Waals surface area contributed by atoms with E-state index in [-0.39, 0.29) is 6.04 Å². The van der Waals surface area contributed by atoms with Crippen molar-refractivity contribution in [3.8, 4) is 5.75 Å². The predicted molar refractivity (Wildman–Crippen MR) is 77.3 cm³/mol. The SMILES string of the molecule is CCCn1cc(C(NN)c2ccc3c(c2)CCO3)cn1. The number of rotatable bonds is 5. The number of nitrogens with zero attached hydrogens (tertiary/aromatic N) is 2. The van der Waals surface area contributed by atoms with Gasteiger partial charge in [-0.05, 0) is 23.6 Å². The van der Waals surface area contributed by atoms with Crippen LogP contribution in [-0.2, 0) is 13.0 Å². The maximum Gasteiger partial charge on any atom is 0.122 e. The smallest absolute Gasteiger partial charge is 0.122 e. The Kier molecular flexibility index (Phi) is 3.71. The average molecular weight is 272 g/mol. The second-order valence-electron chi connectivity index (χ2n) is 5.10. The molecule has 1 aliphatic heterocycles. The molecule has 5 heteroatoms. The highest BCUT2D eigenvalue weighted by Crippen LogP contribution is 2.30. The largest absolute Gasteiger partial charge is 0.493 e. The van der Waals surface area contributed by atoms with Crippen molar-refractivity contribution in [1.82, 2.24) is 15.2 Å². The lowest BCUT2D eigenvalue weighted by molar-refractivity contribution is 0.357. The summed E-state index contributed by atoms with van der Waals surface area (Å²) in [5.74, 6) is 6.74. The summed E-state index contributed by atoms with van der Waals surface area (Å²) in [5, 5.41) is 4.37. The molecule has 1 aromatic heterocycles. The third-order valence-electron chi connectivity index (χ3n) is 3.65. The zero-order valence-electron chi connectivity index (χ0n) is 11.7. The Labute approximate surface area is 118 Å². The van der Waals surface area contributed by atoms with Crippen LogP contribution in [0.1, 0.15) is 36.1 Å². The van der Waals surface area contributed by atoms with Crippen molar-refractivity contribution in [2.75, 3.05) is 6.61 Å².